The second-order valence-corrected chi connectivity index (χ2v) is 10.2. The van der Waals surface area contributed by atoms with E-state index in [0.717, 1.165) is 21.8 Å². The Morgan fingerprint density at radius 2 is 1.90 bits per heavy atom. The number of aromatic nitrogens is 2. The summed E-state index contributed by atoms with van der Waals surface area (Å²) in [6, 6.07) is 16.0. The van der Waals surface area contributed by atoms with Gasteiger partial charge >= 0.3 is 5.97 Å². The molecule has 0 atom stereocenters. The predicted octanol–water partition coefficient (Wildman–Crippen LogP) is 6.92. The molecule has 0 aliphatic carbocycles. The number of methoxy groups -OCH3 is 1. The molecule has 5 nitrogen and oxygen atoms in total. The van der Waals surface area contributed by atoms with Gasteiger partial charge in [0.15, 0.2) is 0 Å². The summed E-state index contributed by atoms with van der Waals surface area (Å²) in [7, 11) is 1.37. The minimum atomic E-state index is -0.374. The zero-order valence-corrected chi connectivity index (χ0v) is 20.0. The van der Waals surface area contributed by atoms with Gasteiger partial charge in [-0.3, -0.25) is 0 Å². The highest BCUT2D eigenvalue weighted by Gasteiger charge is 2.19. The first-order valence-electron chi connectivity index (χ1n) is 9.66. The van der Waals surface area contributed by atoms with Crippen molar-refractivity contribution in [3.05, 3.63) is 69.4 Å². The van der Waals surface area contributed by atoms with E-state index in [-0.39, 0.29) is 11.4 Å². The molecule has 4 rings (SSSR count). The molecule has 0 saturated carbocycles. The van der Waals surface area contributed by atoms with Gasteiger partial charge in [0.05, 0.1) is 23.3 Å². The molecule has 1 aromatic carbocycles. The minimum absolute atomic E-state index is 0.120. The number of anilines is 1. The first kappa shape index (κ1) is 21.7. The van der Waals surface area contributed by atoms with Crippen LogP contribution in [0.25, 0.3) is 16.8 Å². The Kier molecular flexibility index (Phi) is 6.01. The van der Waals surface area contributed by atoms with Crippen LogP contribution in [0.2, 0.25) is 5.02 Å². The van der Waals surface area contributed by atoms with Gasteiger partial charge in [0.25, 0.3) is 0 Å². The summed E-state index contributed by atoms with van der Waals surface area (Å²) >= 11 is 9.26. The fourth-order valence-electron chi connectivity index (χ4n) is 3.15. The van der Waals surface area contributed by atoms with Crippen molar-refractivity contribution in [1.29, 1.82) is 0 Å². The molecule has 3 heterocycles. The lowest BCUT2D eigenvalue weighted by Crippen LogP contribution is -2.10. The summed E-state index contributed by atoms with van der Waals surface area (Å²) in [6.45, 7) is 6.60. The van der Waals surface area contributed by atoms with Crippen LogP contribution in [0.1, 0.15) is 36.0 Å². The van der Waals surface area contributed by atoms with Crippen LogP contribution in [-0.4, -0.2) is 22.7 Å². The van der Waals surface area contributed by atoms with E-state index in [2.05, 4.69) is 49.8 Å². The number of nitrogens with one attached hydrogen (secondary N) is 1. The SMILES string of the molecule is COC(=O)c1sccc1-c1cc2c(Cl)ccc(NSc3ccc(C(C)(C)C)cc3)n2n1. The first-order chi connectivity index (χ1) is 14.8. The quantitative estimate of drug-likeness (QED) is 0.253. The third-order valence-corrected chi connectivity index (χ3v) is 6.91. The molecule has 0 spiro atoms. The van der Waals surface area contributed by atoms with Crippen LogP contribution in [0, 0.1) is 0 Å². The topological polar surface area (TPSA) is 55.6 Å². The molecule has 0 saturated heterocycles. The normalized spacial score (nSPS) is 11.6. The van der Waals surface area contributed by atoms with Crippen LogP contribution < -0.4 is 4.72 Å². The Balaban J connectivity index is 1.63. The average molecular weight is 472 g/mol. The highest BCUT2D eigenvalue weighted by Crippen LogP contribution is 2.33. The third kappa shape index (κ3) is 4.44. The second kappa shape index (κ2) is 8.57. The van der Waals surface area contributed by atoms with Crippen LogP contribution in [-0.2, 0) is 10.2 Å². The van der Waals surface area contributed by atoms with Crippen molar-refractivity contribution in [1.82, 2.24) is 9.61 Å². The molecule has 3 aromatic heterocycles. The Morgan fingerprint density at radius 1 is 1.16 bits per heavy atom. The highest BCUT2D eigenvalue weighted by molar-refractivity contribution is 8.00. The van der Waals surface area contributed by atoms with Gasteiger partial charge in [0, 0.05) is 10.5 Å². The standard InChI is InChI=1S/C23H22ClN3O2S2/c1-23(2,3)14-5-7-15(8-6-14)31-26-20-10-9-17(24)19-13-18(25-27(19)20)16-11-12-30-21(16)22(28)29-4/h5-13,26H,1-4H3. The van der Waals surface area contributed by atoms with Crippen molar-refractivity contribution in [2.24, 2.45) is 0 Å². The van der Waals surface area contributed by atoms with Crippen LogP contribution >= 0.6 is 34.9 Å². The Labute approximate surface area is 194 Å². The lowest BCUT2D eigenvalue weighted by molar-refractivity contribution is 0.0607. The summed E-state index contributed by atoms with van der Waals surface area (Å²) in [5.41, 5.74) is 3.56. The number of benzene rings is 1. The van der Waals surface area contributed by atoms with Gasteiger partial charge in [-0.25, -0.2) is 9.31 Å². The molecule has 0 unspecified atom stereocenters. The number of pyridine rings is 1. The molecule has 0 radical (unpaired) electrons. The van der Waals surface area contributed by atoms with Crippen LogP contribution in [0.15, 0.2) is 58.8 Å². The first-order valence-corrected chi connectivity index (χ1v) is 11.7. The zero-order chi connectivity index (χ0) is 22.2. The molecule has 8 heteroatoms. The Morgan fingerprint density at radius 3 is 2.58 bits per heavy atom. The average Bonchev–Trinajstić information content (AvgIpc) is 3.40. The van der Waals surface area contributed by atoms with Crippen LogP contribution in [0.3, 0.4) is 0 Å². The van der Waals surface area contributed by atoms with Crippen LogP contribution in [0.5, 0.6) is 0 Å². The smallest absolute Gasteiger partial charge is 0.348 e. The summed E-state index contributed by atoms with van der Waals surface area (Å²) in [4.78, 5) is 13.7. The van der Waals surface area contributed by atoms with E-state index in [0.29, 0.717) is 15.6 Å². The molecule has 160 valence electrons. The maximum atomic E-state index is 12.1. The molecule has 4 aromatic rings. The van der Waals surface area contributed by atoms with Crippen LogP contribution in [0.4, 0.5) is 5.82 Å². The molecular formula is C23H22ClN3O2S2. The molecule has 31 heavy (non-hydrogen) atoms. The third-order valence-electron chi connectivity index (χ3n) is 4.88. The van der Waals surface area contributed by atoms with Gasteiger partial charge in [-0.15, -0.1) is 11.3 Å². The number of carbonyl (C=O) groups is 1. The molecular weight excluding hydrogens is 450 g/mol. The number of hydrogen-bond donors (Lipinski definition) is 1. The van der Waals surface area contributed by atoms with Crippen molar-refractivity contribution in [3.63, 3.8) is 0 Å². The number of hydrogen-bond acceptors (Lipinski definition) is 6. The highest BCUT2D eigenvalue weighted by atomic mass is 35.5. The van der Waals surface area contributed by atoms with Crippen molar-refractivity contribution >= 4 is 52.2 Å². The predicted molar refractivity (Wildman–Crippen MR) is 129 cm³/mol. The number of carbonyl (C=O) groups excluding carboxylic acids is 1. The summed E-state index contributed by atoms with van der Waals surface area (Å²) in [5, 5.41) is 7.14. The lowest BCUT2D eigenvalue weighted by atomic mass is 9.87. The van der Waals surface area contributed by atoms with Crippen molar-refractivity contribution in [3.8, 4) is 11.3 Å². The number of esters is 1. The van der Waals surface area contributed by atoms with E-state index in [4.69, 9.17) is 21.4 Å². The fourth-order valence-corrected chi connectivity index (χ4v) is 4.81. The van der Waals surface area contributed by atoms with Gasteiger partial charge in [0.1, 0.15) is 10.7 Å². The molecule has 0 aliphatic rings. The summed E-state index contributed by atoms with van der Waals surface area (Å²) in [5.74, 6) is 0.408. The molecule has 0 aliphatic heterocycles. The van der Waals surface area contributed by atoms with E-state index >= 15 is 0 Å². The summed E-state index contributed by atoms with van der Waals surface area (Å²) < 4.78 is 10.0. The van der Waals surface area contributed by atoms with Crippen molar-refractivity contribution < 1.29 is 9.53 Å². The second-order valence-electron chi connectivity index (χ2n) is 8.03. The number of nitrogens with zero attached hydrogens (tertiary/aromatic N) is 2. The minimum Gasteiger partial charge on any atom is -0.465 e. The van der Waals surface area contributed by atoms with Gasteiger partial charge in [-0.05, 0) is 64.7 Å². The maximum absolute atomic E-state index is 12.1. The molecule has 0 fully saturated rings. The molecule has 0 amide bonds. The zero-order valence-electron chi connectivity index (χ0n) is 17.6. The molecule has 1 N–H and O–H groups in total. The van der Waals surface area contributed by atoms with Gasteiger partial charge in [0.2, 0.25) is 0 Å². The fraction of sp³-hybridized carbons (Fsp3) is 0.217. The van der Waals surface area contributed by atoms with Gasteiger partial charge in [-0.2, -0.15) is 5.10 Å². The number of halogens is 1. The lowest BCUT2D eigenvalue weighted by Gasteiger charge is -2.19. The monoisotopic (exact) mass is 471 g/mol. The van der Waals surface area contributed by atoms with Gasteiger partial charge in [-0.1, -0.05) is 44.5 Å². The largest absolute Gasteiger partial charge is 0.465 e. The number of thiophene rings is 1. The number of rotatable bonds is 5. The van der Waals surface area contributed by atoms with Crippen molar-refractivity contribution in [2.45, 2.75) is 31.1 Å². The summed E-state index contributed by atoms with van der Waals surface area (Å²) in [6.07, 6.45) is 0. The molecule has 0 bridgehead atoms. The van der Waals surface area contributed by atoms with E-state index < -0.39 is 0 Å². The Bertz CT molecular complexity index is 1240. The number of fused-ring (bicyclic) bond motifs is 1. The van der Waals surface area contributed by atoms with Gasteiger partial charge < -0.3 is 9.46 Å². The van der Waals surface area contributed by atoms with E-state index in [1.807, 2.05) is 29.6 Å². The van der Waals surface area contributed by atoms with E-state index in [1.165, 1.54) is 36.0 Å². The van der Waals surface area contributed by atoms with E-state index in [1.54, 1.807) is 4.52 Å². The van der Waals surface area contributed by atoms with Crippen molar-refractivity contribution in [2.75, 3.05) is 11.8 Å². The maximum Gasteiger partial charge on any atom is 0.348 e. The van der Waals surface area contributed by atoms with E-state index in [9.17, 15) is 4.79 Å². The Hall–Kier alpha value is -2.48. The number of ether oxygens (including phenoxy) is 1.